The van der Waals surface area contributed by atoms with E-state index in [0.29, 0.717) is 12.1 Å². The zero-order chi connectivity index (χ0) is 25.0. The summed E-state index contributed by atoms with van der Waals surface area (Å²) < 4.78 is 45.8. The maximum atomic E-state index is 13.6. The van der Waals surface area contributed by atoms with Crippen LogP contribution in [0.3, 0.4) is 0 Å². The third-order valence-electron chi connectivity index (χ3n) is 4.76. The number of aliphatic hydroxyl groups excluding tert-OH is 3. The van der Waals surface area contributed by atoms with Gasteiger partial charge in [0.1, 0.15) is 41.6 Å². The summed E-state index contributed by atoms with van der Waals surface area (Å²) >= 11 is 0.781. The van der Waals surface area contributed by atoms with E-state index in [1.54, 1.807) is 6.07 Å². The molecule has 180 valence electrons. The van der Waals surface area contributed by atoms with Crippen LogP contribution >= 0.6 is 11.8 Å². The van der Waals surface area contributed by atoms with Crippen LogP contribution in [0, 0.1) is 28.8 Å². The number of nitrogens with two attached hydrogens (primary N) is 1. The SMILES string of the molecule is N#Cc1n[nH]c(S[C@H]2OC(CO)[C@H](O)C(N=CC(=NN)c3cc(F)c(F)c(F)c3)C2O)cc1=O. The lowest BCUT2D eigenvalue weighted by Crippen LogP contribution is -2.57. The molecule has 1 aromatic heterocycles. The van der Waals surface area contributed by atoms with Gasteiger partial charge in [-0.1, -0.05) is 11.8 Å². The van der Waals surface area contributed by atoms with Crippen molar-refractivity contribution in [2.75, 3.05) is 6.61 Å². The summed E-state index contributed by atoms with van der Waals surface area (Å²) in [5, 5.41) is 49.0. The number of hydrogen-bond donors (Lipinski definition) is 5. The highest BCUT2D eigenvalue weighted by atomic mass is 32.2. The number of aromatic nitrogens is 2. The van der Waals surface area contributed by atoms with Crippen LogP contribution in [0.2, 0.25) is 0 Å². The van der Waals surface area contributed by atoms with Crippen molar-refractivity contribution in [1.29, 1.82) is 5.26 Å². The van der Waals surface area contributed by atoms with Crippen molar-refractivity contribution in [3.63, 3.8) is 0 Å². The van der Waals surface area contributed by atoms with E-state index in [-0.39, 0.29) is 22.0 Å². The highest BCUT2D eigenvalue weighted by Gasteiger charge is 2.44. The Kier molecular flexibility index (Phi) is 8.02. The zero-order valence-electron chi connectivity index (χ0n) is 17.0. The molecule has 1 aromatic carbocycles. The fraction of sp³-hybridized carbons (Fsp3) is 0.316. The molecule has 34 heavy (non-hydrogen) atoms. The first-order valence-electron chi connectivity index (χ1n) is 9.45. The van der Waals surface area contributed by atoms with Crippen LogP contribution in [0.1, 0.15) is 11.3 Å². The second-order valence-corrected chi connectivity index (χ2v) is 8.06. The van der Waals surface area contributed by atoms with Gasteiger partial charge in [0.15, 0.2) is 17.5 Å². The van der Waals surface area contributed by atoms with Crippen LogP contribution in [0.15, 0.2) is 38.1 Å². The van der Waals surface area contributed by atoms with Gasteiger partial charge >= 0.3 is 0 Å². The van der Waals surface area contributed by atoms with Crippen molar-refractivity contribution in [3.05, 3.63) is 57.1 Å². The maximum Gasteiger partial charge on any atom is 0.219 e. The number of aromatic amines is 1. The number of aliphatic hydroxyl groups is 3. The number of hydrogen-bond acceptors (Lipinski definition) is 11. The van der Waals surface area contributed by atoms with Gasteiger partial charge in [-0.25, -0.2) is 13.2 Å². The van der Waals surface area contributed by atoms with E-state index in [9.17, 15) is 33.3 Å². The molecule has 1 aliphatic heterocycles. The molecule has 1 saturated heterocycles. The van der Waals surface area contributed by atoms with Gasteiger partial charge in [-0.2, -0.15) is 15.5 Å². The molecule has 2 aromatic rings. The fourth-order valence-corrected chi connectivity index (χ4v) is 4.06. The molecule has 5 atom stereocenters. The number of halogens is 3. The number of nitrogens with zero attached hydrogens (tertiary/aromatic N) is 4. The lowest BCUT2D eigenvalue weighted by atomic mass is 9.98. The number of thioether (sulfide) groups is 1. The van der Waals surface area contributed by atoms with E-state index in [4.69, 9.17) is 15.8 Å². The molecule has 0 bridgehead atoms. The topological polar surface area (TPSA) is 190 Å². The van der Waals surface area contributed by atoms with Crippen LogP contribution < -0.4 is 11.3 Å². The Hall–Kier alpha value is -3.29. The van der Waals surface area contributed by atoms with Gasteiger partial charge in [-0.3, -0.25) is 14.9 Å². The second-order valence-electron chi connectivity index (χ2n) is 6.92. The van der Waals surface area contributed by atoms with Crippen LogP contribution in [-0.4, -0.2) is 73.8 Å². The van der Waals surface area contributed by atoms with Gasteiger partial charge in [-0.05, 0) is 12.1 Å². The number of benzene rings is 1. The maximum absolute atomic E-state index is 13.6. The van der Waals surface area contributed by atoms with Gasteiger partial charge in [0.25, 0.3) is 0 Å². The van der Waals surface area contributed by atoms with Crippen LogP contribution in [-0.2, 0) is 4.74 Å². The van der Waals surface area contributed by atoms with Crippen molar-refractivity contribution >= 4 is 23.7 Å². The molecule has 0 spiro atoms. The molecule has 1 fully saturated rings. The molecule has 11 nitrogen and oxygen atoms in total. The van der Waals surface area contributed by atoms with Gasteiger partial charge in [0.2, 0.25) is 11.1 Å². The lowest BCUT2D eigenvalue weighted by molar-refractivity contribution is -0.159. The van der Waals surface area contributed by atoms with E-state index in [0.717, 1.165) is 24.0 Å². The Morgan fingerprint density at radius 3 is 2.53 bits per heavy atom. The molecule has 2 heterocycles. The molecule has 0 amide bonds. The van der Waals surface area contributed by atoms with Gasteiger partial charge in [-0.15, -0.1) is 0 Å². The largest absolute Gasteiger partial charge is 0.394 e. The molecule has 6 N–H and O–H groups in total. The molecular weight excluding hydrogens is 481 g/mol. The molecule has 0 aliphatic carbocycles. The highest BCUT2D eigenvalue weighted by Crippen LogP contribution is 2.33. The van der Waals surface area contributed by atoms with Gasteiger partial charge < -0.3 is 25.9 Å². The quantitative estimate of drug-likeness (QED) is 0.150. The first-order chi connectivity index (χ1) is 16.2. The number of aliphatic imine (C=N–C) groups is 1. The first-order valence-corrected chi connectivity index (χ1v) is 10.3. The molecule has 0 radical (unpaired) electrons. The normalized spacial score (nSPS) is 25.4. The minimum absolute atomic E-state index is 0.116. The van der Waals surface area contributed by atoms with Crippen molar-refractivity contribution in [2.24, 2.45) is 15.9 Å². The van der Waals surface area contributed by atoms with Gasteiger partial charge in [0.05, 0.1) is 11.6 Å². The predicted octanol–water partition coefficient (Wildman–Crippen LogP) is -0.608. The van der Waals surface area contributed by atoms with Crippen LogP contribution in [0.4, 0.5) is 13.2 Å². The van der Waals surface area contributed by atoms with Crippen molar-refractivity contribution in [1.82, 2.24) is 10.2 Å². The van der Waals surface area contributed by atoms with Crippen LogP contribution in [0.25, 0.3) is 0 Å². The summed E-state index contributed by atoms with van der Waals surface area (Å²) in [6.07, 6.45) is -3.35. The van der Waals surface area contributed by atoms with E-state index in [1.807, 2.05) is 0 Å². The third-order valence-corrected chi connectivity index (χ3v) is 5.84. The molecule has 0 saturated carbocycles. The summed E-state index contributed by atoms with van der Waals surface area (Å²) in [6, 6.07) is 2.59. The second kappa shape index (κ2) is 10.8. The molecule has 15 heteroatoms. The Labute approximate surface area is 193 Å². The number of nitrogens with one attached hydrogen (secondary N) is 1. The first kappa shape index (κ1) is 25.3. The lowest BCUT2D eigenvalue weighted by Gasteiger charge is -2.40. The average molecular weight is 498 g/mol. The van der Waals surface area contributed by atoms with E-state index in [1.165, 1.54) is 0 Å². The molecular formula is C19H17F3N6O5S. The monoisotopic (exact) mass is 498 g/mol. The Balaban J connectivity index is 1.87. The van der Waals surface area contributed by atoms with E-state index in [2.05, 4.69) is 20.3 Å². The average Bonchev–Trinajstić information content (AvgIpc) is 2.81. The van der Waals surface area contributed by atoms with Crippen molar-refractivity contribution < 1.29 is 33.2 Å². The summed E-state index contributed by atoms with van der Waals surface area (Å²) in [4.78, 5) is 15.8. The molecule has 3 rings (SSSR count). The van der Waals surface area contributed by atoms with Crippen LogP contribution in [0.5, 0.6) is 0 Å². The number of H-pyrrole nitrogens is 1. The number of ether oxygens (including phenoxy) is 1. The summed E-state index contributed by atoms with van der Waals surface area (Å²) in [7, 11) is 0. The Bertz CT molecular complexity index is 1200. The number of rotatable bonds is 6. The summed E-state index contributed by atoms with van der Waals surface area (Å²) in [5.74, 6) is 0.586. The van der Waals surface area contributed by atoms with Crippen molar-refractivity contribution in [2.45, 2.75) is 34.8 Å². The number of nitriles is 1. The van der Waals surface area contributed by atoms with Crippen molar-refractivity contribution in [3.8, 4) is 6.07 Å². The zero-order valence-corrected chi connectivity index (χ0v) is 17.8. The minimum atomic E-state index is -1.69. The Morgan fingerprint density at radius 2 is 1.97 bits per heavy atom. The Morgan fingerprint density at radius 1 is 1.29 bits per heavy atom. The minimum Gasteiger partial charge on any atom is -0.394 e. The molecule has 1 aliphatic rings. The van der Waals surface area contributed by atoms with E-state index < -0.39 is 59.3 Å². The van der Waals surface area contributed by atoms with E-state index >= 15 is 0 Å². The van der Waals surface area contributed by atoms with Gasteiger partial charge in [0, 0.05) is 17.8 Å². The smallest absolute Gasteiger partial charge is 0.219 e. The predicted molar refractivity (Wildman–Crippen MR) is 113 cm³/mol. The third kappa shape index (κ3) is 5.26. The summed E-state index contributed by atoms with van der Waals surface area (Å²) in [6.45, 7) is -0.661. The standard InChI is InChI=1S/C19H17F3N6O5S/c20-8-1-7(2-9(21)15(8)22)11(26-24)5-25-16-17(31)13(6-29)33-19(18(16)32)34-14-3-12(30)10(4-23)27-28-14/h1-3,5,13,16-19,29,31-32H,6,24H2,(H,28,30)/t13?,16?,17-,18?,19+/m0/s1. The number of hydrazone groups is 1. The fourth-order valence-electron chi connectivity index (χ4n) is 3.03. The molecule has 3 unspecified atom stereocenters. The highest BCUT2D eigenvalue weighted by molar-refractivity contribution is 7.99. The summed E-state index contributed by atoms with van der Waals surface area (Å²) in [5.41, 5.74) is -2.78.